The summed E-state index contributed by atoms with van der Waals surface area (Å²) < 4.78 is 0. The molecular formula is C12H18N4O2. The smallest absolute Gasteiger partial charge is 0.364 e. The lowest BCUT2D eigenvalue weighted by Gasteiger charge is -2.32. The number of pyridine rings is 1. The van der Waals surface area contributed by atoms with E-state index in [4.69, 9.17) is 5.73 Å². The number of nitrogens with zero attached hydrogens (tertiary/aromatic N) is 3. The predicted octanol–water partition coefficient (Wildman–Crippen LogP) is 1.53. The molecule has 0 aliphatic carbocycles. The molecule has 1 aromatic rings. The molecule has 0 amide bonds. The van der Waals surface area contributed by atoms with E-state index in [9.17, 15) is 10.1 Å². The summed E-state index contributed by atoms with van der Waals surface area (Å²) in [6, 6.07) is 1.81. The Bertz CT molecular complexity index is 444. The van der Waals surface area contributed by atoms with Crippen molar-refractivity contribution < 1.29 is 4.92 Å². The zero-order valence-corrected chi connectivity index (χ0v) is 10.7. The normalized spacial score (nSPS) is 16.9. The van der Waals surface area contributed by atoms with Crippen LogP contribution < -0.4 is 10.6 Å². The van der Waals surface area contributed by atoms with E-state index in [1.165, 1.54) is 6.07 Å². The van der Waals surface area contributed by atoms with Crippen molar-refractivity contribution in [1.29, 1.82) is 0 Å². The quantitative estimate of drug-likeness (QED) is 0.635. The zero-order chi connectivity index (χ0) is 13.3. The fraction of sp³-hybridized carbons (Fsp3) is 0.583. The fourth-order valence-corrected chi connectivity index (χ4v) is 2.50. The Hall–Kier alpha value is -1.69. The van der Waals surface area contributed by atoms with Crippen molar-refractivity contribution >= 4 is 11.5 Å². The third kappa shape index (κ3) is 2.43. The SMILES string of the molecule is Cc1cc([N+](=O)[O-])nc(C)c1N1CCC(N)CC1. The Kier molecular flexibility index (Phi) is 3.47. The van der Waals surface area contributed by atoms with Gasteiger partial charge in [-0.25, -0.2) is 0 Å². The molecular weight excluding hydrogens is 232 g/mol. The van der Waals surface area contributed by atoms with Crippen LogP contribution >= 0.6 is 0 Å². The third-order valence-electron chi connectivity index (χ3n) is 3.39. The topological polar surface area (TPSA) is 85.3 Å². The number of anilines is 1. The number of aryl methyl sites for hydroxylation is 2. The van der Waals surface area contributed by atoms with Crippen LogP contribution in [0.1, 0.15) is 24.1 Å². The van der Waals surface area contributed by atoms with Crippen molar-refractivity contribution in [3.05, 3.63) is 27.4 Å². The van der Waals surface area contributed by atoms with Gasteiger partial charge in [0.1, 0.15) is 0 Å². The molecule has 2 N–H and O–H groups in total. The molecule has 1 fully saturated rings. The molecule has 0 atom stereocenters. The maximum absolute atomic E-state index is 10.7. The fourth-order valence-electron chi connectivity index (χ4n) is 2.50. The maximum Gasteiger partial charge on any atom is 0.364 e. The van der Waals surface area contributed by atoms with Gasteiger partial charge in [-0.15, -0.1) is 0 Å². The number of aromatic nitrogens is 1. The average molecular weight is 250 g/mol. The monoisotopic (exact) mass is 250 g/mol. The highest BCUT2D eigenvalue weighted by Crippen LogP contribution is 2.28. The Morgan fingerprint density at radius 3 is 2.56 bits per heavy atom. The largest absolute Gasteiger partial charge is 0.368 e. The van der Waals surface area contributed by atoms with Crippen LogP contribution in [0.2, 0.25) is 0 Å². The molecule has 2 heterocycles. The van der Waals surface area contributed by atoms with Crippen molar-refractivity contribution in [2.75, 3.05) is 18.0 Å². The van der Waals surface area contributed by atoms with E-state index >= 15 is 0 Å². The second-order valence-electron chi connectivity index (χ2n) is 4.81. The van der Waals surface area contributed by atoms with Gasteiger partial charge in [0, 0.05) is 32.1 Å². The molecule has 0 unspecified atom stereocenters. The van der Waals surface area contributed by atoms with E-state index in [-0.39, 0.29) is 11.9 Å². The Morgan fingerprint density at radius 2 is 2.06 bits per heavy atom. The van der Waals surface area contributed by atoms with Crippen LogP contribution in [0.25, 0.3) is 0 Å². The lowest BCUT2D eigenvalue weighted by molar-refractivity contribution is -0.389. The molecule has 0 bridgehead atoms. The van der Waals surface area contributed by atoms with Gasteiger partial charge in [-0.1, -0.05) is 0 Å². The van der Waals surface area contributed by atoms with Crippen molar-refractivity contribution in [2.45, 2.75) is 32.7 Å². The standard InChI is InChI=1S/C12H18N4O2/c1-8-7-11(16(17)18)14-9(2)12(8)15-5-3-10(13)4-6-15/h7,10H,3-6,13H2,1-2H3. The van der Waals surface area contributed by atoms with Gasteiger partial charge in [0.2, 0.25) is 0 Å². The number of hydrogen-bond donors (Lipinski definition) is 1. The van der Waals surface area contributed by atoms with E-state index in [2.05, 4.69) is 9.88 Å². The van der Waals surface area contributed by atoms with Crippen LogP contribution in [0.3, 0.4) is 0 Å². The third-order valence-corrected chi connectivity index (χ3v) is 3.39. The molecule has 1 saturated heterocycles. The van der Waals surface area contributed by atoms with Gasteiger partial charge < -0.3 is 20.7 Å². The summed E-state index contributed by atoms with van der Waals surface area (Å²) in [7, 11) is 0. The minimum absolute atomic E-state index is 0.0811. The maximum atomic E-state index is 10.7. The van der Waals surface area contributed by atoms with E-state index in [1.807, 2.05) is 13.8 Å². The zero-order valence-electron chi connectivity index (χ0n) is 10.7. The summed E-state index contributed by atoms with van der Waals surface area (Å²) in [6.07, 6.45) is 1.91. The summed E-state index contributed by atoms with van der Waals surface area (Å²) in [6.45, 7) is 5.50. The van der Waals surface area contributed by atoms with Crippen LogP contribution in [-0.2, 0) is 0 Å². The number of nitro groups is 1. The second kappa shape index (κ2) is 4.89. The predicted molar refractivity (Wildman–Crippen MR) is 69.8 cm³/mol. The van der Waals surface area contributed by atoms with Gasteiger partial charge in [-0.3, -0.25) is 0 Å². The van der Waals surface area contributed by atoms with Gasteiger partial charge in [-0.05, 0) is 35.2 Å². The van der Waals surface area contributed by atoms with Crippen LogP contribution in [0.15, 0.2) is 6.07 Å². The van der Waals surface area contributed by atoms with Gasteiger partial charge in [0.15, 0.2) is 5.69 Å². The highest BCUT2D eigenvalue weighted by Gasteiger charge is 2.23. The van der Waals surface area contributed by atoms with E-state index in [1.54, 1.807) is 0 Å². The molecule has 0 spiro atoms. The minimum atomic E-state index is -0.449. The number of piperidine rings is 1. The van der Waals surface area contributed by atoms with Crippen molar-refractivity contribution in [2.24, 2.45) is 5.73 Å². The van der Waals surface area contributed by atoms with Crippen molar-refractivity contribution in [3.8, 4) is 0 Å². The summed E-state index contributed by atoms with van der Waals surface area (Å²) in [5.74, 6) is -0.0811. The molecule has 1 aliphatic rings. The van der Waals surface area contributed by atoms with E-state index < -0.39 is 4.92 Å². The van der Waals surface area contributed by atoms with Gasteiger partial charge in [0.25, 0.3) is 0 Å². The average Bonchev–Trinajstić information content (AvgIpc) is 2.30. The first-order valence-corrected chi connectivity index (χ1v) is 6.12. The molecule has 0 aromatic carbocycles. The van der Waals surface area contributed by atoms with E-state index in [0.29, 0.717) is 0 Å². The summed E-state index contributed by atoms with van der Waals surface area (Å²) in [4.78, 5) is 16.6. The number of nitrogens with two attached hydrogens (primary N) is 1. The Balaban J connectivity index is 2.31. The first-order chi connectivity index (χ1) is 8.49. The molecule has 6 heteroatoms. The molecule has 1 aromatic heterocycles. The van der Waals surface area contributed by atoms with E-state index in [0.717, 1.165) is 42.9 Å². The molecule has 98 valence electrons. The Morgan fingerprint density at radius 1 is 1.44 bits per heavy atom. The molecule has 6 nitrogen and oxygen atoms in total. The molecule has 2 rings (SSSR count). The summed E-state index contributed by atoms with van der Waals surface area (Å²) in [5, 5.41) is 10.7. The van der Waals surface area contributed by atoms with Gasteiger partial charge in [0.05, 0.1) is 5.69 Å². The summed E-state index contributed by atoms with van der Waals surface area (Å²) in [5.41, 5.74) is 8.53. The molecule has 1 aliphatic heterocycles. The first-order valence-electron chi connectivity index (χ1n) is 6.12. The van der Waals surface area contributed by atoms with Crippen LogP contribution in [-0.4, -0.2) is 29.0 Å². The summed E-state index contributed by atoms with van der Waals surface area (Å²) >= 11 is 0. The van der Waals surface area contributed by atoms with Crippen molar-refractivity contribution in [3.63, 3.8) is 0 Å². The lowest BCUT2D eigenvalue weighted by atomic mass is 10.0. The number of rotatable bonds is 2. The molecule has 0 saturated carbocycles. The highest BCUT2D eigenvalue weighted by molar-refractivity contribution is 5.59. The highest BCUT2D eigenvalue weighted by atomic mass is 16.6. The first kappa shape index (κ1) is 12.8. The minimum Gasteiger partial charge on any atom is -0.368 e. The van der Waals surface area contributed by atoms with Crippen LogP contribution in [0, 0.1) is 24.0 Å². The van der Waals surface area contributed by atoms with Gasteiger partial charge in [-0.2, -0.15) is 0 Å². The van der Waals surface area contributed by atoms with Crippen LogP contribution in [0.5, 0.6) is 0 Å². The number of hydrogen-bond acceptors (Lipinski definition) is 5. The van der Waals surface area contributed by atoms with Gasteiger partial charge >= 0.3 is 5.82 Å². The molecule has 0 radical (unpaired) electrons. The van der Waals surface area contributed by atoms with Crippen LogP contribution in [0.4, 0.5) is 11.5 Å². The van der Waals surface area contributed by atoms with Crippen molar-refractivity contribution in [1.82, 2.24) is 4.98 Å². The second-order valence-corrected chi connectivity index (χ2v) is 4.81. The molecule has 18 heavy (non-hydrogen) atoms. The Labute approximate surface area is 106 Å². The lowest BCUT2D eigenvalue weighted by Crippen LogP contribution is -2.40.